The molecule has 0 heterocycles. The topological polar surface area (TPSA) is 146 Å². The molecule has 0 fully saturated rings. The van der Waals surface area contributed by atoms with Crippen LogP contribution in [0.25, 0.3) is 0 Å². The van der Waals surface area contributed by atoms with Crippen molar-refractivity contribution in [3.8, 4) is 5.75 Å². The molecule has 11 heteroatoms. The van der Waals surface area contributed by atoms with Gasteiger partial charge in [-0.25, -0.2) is 0 Å². The molecular formula is C23H28F3N5O3. The highest BCUT2D eigenvalue weighted by Crippen LogP contribution is 2.32. The lowest BCUT2D eigenvalue weighted by Crippen LogP contribution is -2.44. The first-order valence-electron chi connectivity index (χ1n) is 10.5. The van der Waals surface area contributed by atoms with E-state index in [2.05, 4.69) is 10.3 Å². The summed E-state index contributed by atoms with van der Waals surface area (Å²) in [6.07, 6.45) is -3.75. The lowest BCUT2D eigenvalue weighted by atomic mass is 10.0. The number of guanidine groups is 1. The molecule has 184 valence electrons. The Kier molecular flexibility index (Phi) is 9.28. The second kappa shape index (κ2) is 11.9. The lowest BCUT2D eigenvalue weighted by molar-refractivity contribution is -0.138. The van der Waals surface area contributed by atoms with E-state index in [9.17, 15) is 22.8 Å². The van der Waals surface area contributed by atoms with Crippen LogP contribution in [0.1, 0.15) is 39.9 Å². The molecule has 2 rings (SSSR count). The van der Waals surface area contributed by atoms with Crippen molar-refractivity contribution in [2.45, 2.75) is 38.4 Å². The molecule has 0 spiro atoms. The van der Waals surface area contributed by atoms with Gasteiger partial charge in [-0.05, 0) is 49.1 Å². The van der Waals surface area contributed by atoms with E-state index in [1.165, 1.54) is 24.3 Å². The highest BCUT2D eigenvalue weighted by molar-refractivity contribution is 5.97. The molecule has 34 heavy (non-hydrogen) atoms. The maximum Gasteiger partial charge on any atom is 0.416 e. The summed E-state index contributed by atoms with van der Waals surface area (Å²) in [5.74, 6) is -0.975. The van der Waals surface area contributed by atoms with Gasteiger partial charge in [0.1, 0.15) is 11.8 Å². The van der Waals surface area contributed by atoms with Gasteiger partial charge in [-0.2, -0.15) is 13.2 Å². The number of alkyl halides is 3. The Morgan fingerprint density at radius 2 is 1.82 bits per heavy atom. The number of aliphatic imine (C=N–C) groups is 1. The van der Waals surface area contributed by atoms with Crippen LogP contribution in [-0.2, 0) is 17.4 Å². The fourth-order valence-electron chi connectivity index (χ4n) is 3.21. The maximum atomic E-state index is 13.2. The number of nitrogens with two attached hydrogens (primary N) is 3. The van der Waals surface area contributed by atoms with E-state index in [1.54, 1.807) is 19.1 Å². The molecule has 0 radical (unpaired) electrons. The van der Waals surface area contributed by atoms with Crippen molar-refractivity contribution < 1.29 is 27.5 Å². The summed E-state index contributed by atoms with van der Waals surface area (Å²) in [6, 6.07) is 9.04. The predicted octanol–water partition coefficient (Wildman–Crippen LogP) is 2.27. The number of hydrogen-bond acceptors (Lipinski definition) is 4. The molecular weight excluding hydrogens is 451 g/mol. The fourth-order valence-corrected chi connectivity index (χ4v) is 3.21. The van der Waals surface area contributed by atoms with Crippen LogP contribution < -0.4 is 27.3 Å². The molecule has 0 saturated heterocycles. The number of nitrogens with zero attached hydrogens (tertiary/aromatic N) is 1. The zero-order valence-electron chi connectivity index (χ0n) is 18.7. The van der Waals surface area contributed by atoms with Crippen molar-refractivity contribution in [2.24, 2.45) is 22.2 Å². The van der Waals surface area contributed by atoms with E-state index in [4.69, 9.17) is 21.9 Å². The zero-order chi connectivity index (χ0) is 25.3. The Balaban J connectivity index is 2.03. The number of rotatable bonds is 11. The van der Waals surface area contributed by atoms with Crippen LogP contribution in [-0.4, -0.2) is 37.0 Å². The third-order valence-corrected chi connectivity index (χ3v) is 5.00. The highest BCUT2D eigenvalue weighted by Gasteiger charge is 2.32. The van der Waals surface area contributed by atoms with E-state index in [0.717, 1.165) is 6.07 Å². The number of ether oxygens (including phenoxy) is 1. The van der Waals surface area contributed by atoms with Crippen molar-refractivity contribution >= 4 is 17.8 Å². The predicted molar refractivity (Wildman–Crippen MR) is 122 cm³/mol. The number of carbonyl (C=O) groups excluding carboxylic acids is 2. The van der Waals surface area contributed by atoms with E-state index in [-0.39, 0.29) is 43.1 Å². The number of hydrogen-bond donors (Lipinski definition) is 4. The largest absolute Gasteiger partial charge is 0.493 e. The third kappa shape index (κ3) is 7.98. The molecule has 0 aliphatic heterocycles. The molecule has 0 bridgehead atoms. The summed E-state index contributed by atoms with van der Waals surface area (Å²) >= 11 is 0. The van der Waals surface area contributed by atoms with Gasteiger partial charge in [0.2, 0.25) is 5.91 Å². The van der Waals surface area contributed by atoms with Gasteiger partial charge >= 0.3 is 6.18 Å². The van der Waals surface area contributed by atoms with Crippen molar-refractivity contribution in [3.63, 3.8) is 0 Å². The first-order valence-corrected chi connectivity index (χ1v) is 10.5. The van der Waals surface area contributed by atoms with Crippen LogP contribution in [0.4, 0.5) is 13.2 Å². The summed E-state index contributed by atoms with van der Waals surface area (Å²) in [7, 11) is 0. The molecule has 0 unspecified atom stereocenters. The molecule has 0 aliphatic carbocycles. The number of halogens is 3. The molecule has 2 aromatic carbocycles. The average Bonchev–Trinajstić information content (AvgIpc) is 2.76. The van der Waals surface area contributed by atoms with E-state index in [1.807, 2.05) is 0 Å². The van der Waals surface area contributed by atoms with Crippen LogP contribution in [0.15, 0.2) is 47.5 Å². The zero-order valence-corrected chi connectivity index (χ0v) is 18.7. The summed E-state index contributed by atoms with van der Waals surface area (Å²) in [5, 5.41) is 2.57. The summed E-state index contributed by atoms with van der Waals surface area (Å²) in [4.78, 5) is 28.2. The van der Waals surface area contributed by atoms with E-state index in [0.29, 0.717) is 17.7 Å². The van der Waals surface area contributed by atoms with Crippen molar-refractivity contribution in [2.75, 3.05) is 13.2 Å². The minimum absolute atomic E-state index is 0.0201. The van der Waals surface area contributed by atoms with Gasteiger partial charge in [-0.3, -0.25) is 14.6 Å². The molecule has 0 aromatic heterocycles. The molecule has 0 saturated carbocycles. The maximum absolute atomic E-state index is 13.2. The number of carbonyl (C=O) groups is 2. The lowest BCUT2D eigenvalue weighted by Gasteiger charge is -2.16. The van der Waals surface area contributed by atoms with Gasteiger partial charge < -0.3 is 27.3 Å². The van der Waals surface area contributed by atoms with Gasteiger partial charge in [-0.1, -0.05) is 24.3 Å². The van der Waals surface area contributed by atoms with Crippen LogP contribution in [0.3, 0.4) is 0 Å². The van der Waals surface area contributed by atoms with Crippen LogP contribution in [0, 0.1) is 6.92 Å². The Morgan fingerprint density at radius 3 is 2.47 bits per heavy atom. The highest BCUT2D eigenvalue weighted by atomic mass is 19.4. The minimum atomic E-state index is -4.45. The standard InChI is InChI=1S/C23H28F3N5O3/c1-14-8-9-16(21(33)31-18(20(27)32)7-4-11-30-22(28)29)13-19(14)34-12-10-15-5-2-3-6-17(15)23(24,25)26/h2-3,5-6,8-9,13,18H,4,7,10-12H2,1H3,(H2,27,32)(H,31,33)(H4,28,29,30)/t18-/m0/s1. The Morgan fingerprint density at radius 1 is 1.12 bits per heavy atom. The van der Waals surface area contributed by atoms with Gasteiger partial charge in [0.15, 0.2) is 5.96 Å². The van der Waals surface area contributed by atoms with Crippen LogP contribution >= 0.6 is 0 Å². The van der Waals surface area contributed by atoms with Crippen molar-refractivity contribution in [1.82, 2.24) is 5.32 Å². The SMILES string of the molecule is Cc1ccc(C(=O)N[C@@H](CCCN=C(N)N)C(N)=O)cc1OCCc1ccccc1C(F)(F)F. The first-order chi connectivity index (χ1) is 16.0. The fraction of sp³-hybridized carbons (Fsp3) is 0.348. The number of benzene rings is 2. The molecule has 7 N–H and O–H groups in total. The quantitative estimate of drug-likeness (QED) is 0.222. The first kappa shape index (κ1) is 26.5. The minimum Gasteiger partial charge on any atom is -0.493 e. The Hall–Kier alpha value is -3.76. The van der Waals surface area contributed by atoms with Crippen molar-refractivity contribution in [3.05, 3.63) is 64.7 Å². The van der Waals surface area contributed by atoms with E-state index >= 15 is 0 Å². The second-order valence-corrected chi connectivity index (χ2v) is 7.61. The van der Waals surface area contributed by atoms with Gasteiger partial charge in [0, 0.05) is 18.5 Å². The Labute approximate surface area is 195 Å². The van der Waals surface area contributed by atoms with Gasteiger partial charge in [-0.15, -0.1) is 0 Å². The smallest absolute Gasteiger partial charge is 0.416 e. The molecule has 2 aromatic rings. The van der Waals surface area contributed by atoms with E-state index < -0.39 is 29.6 Å². The number of aryl methyl sites for hydroxylation is 1. The monoisotopic (exact) mass is 479 g/mol. The second-order valence-electron chi connectivity index (χ2n) is 7.61. The molecule has 0 aliphatic rings. The van der Waals surface area contributed by atoms with Crippen LogP contribution in [0.5, 0.6) is 5.75 Å². The number of amides is 2. The van der Waals surface area contributed by atoms with Crippen molar-refractivity contribution in [1.29, 1.82) is 0 Å². The molecule has 2 amide bonds. The number of primary amides is 1. The summed E-state index contributed by atoms with van der Waals surface area (Å²) in [5.41, 5.74) is 16.2. The van der Waals surface area contributed by atoms with Gasteiger partial charge in [0.05, 0.1) is 12.2 Å². The average molecular weight is 480 g/mol. The summed E-state index contributed by atoms with van der Waals surface area (Å²) in [6.45, 7) is 2.01. The van der Waals surface area contributed by atoms with Gasteiger partial charge in [0.25, 0.3) is 5.91 Å². The Bertz CT molecular complexity index is 1040. The van der Waals surface area contributed by atoms with Crippen LogP contribution in [0.2, 0.25) is 0 Å². The number of nitrogens with one attached hydrogen (secondary N) is 1. The third-order valence-electron chi connectivity index (χ3n) is 5.00. The summed E-state index contributed by atoms with van der Waals surface area (Å²) < 4.78 is 45.2. The molecule has 1 atom stereocenters. The molecule has 8 nitrogen and oxygen atoms in total. The normalized spacial score (nSPS) is 12.0.